The summed E-state index contributed by atoms with van der Waals surface area (Å²) in [5.74, 6) is 0. The molecule has 1 N–H and O–H groups in total. The summed E-state index contributed by atoms with van der Waals surface area (Å²) >= 11 is 0. The van der Waals surface area contributed by atoms with E-state index in [1.165, 1.54) is 0 Å². The number of nitrogens with zero attached hydrogens (tertiary/aromatic N) is 4. The van der Waals surface area contributed by atoms with Crippen molar-refractivity contribution in [3.8, 4) is 6.07 Å². The lowest BCUT2D eigenvalue weighted by molar-refractivity contribution is 0.746. The van der Waals surface area contributed by atoms with Crippen LogP contribution in [0.3, 0.4) is 0 Å². The Morgan fingerprint density at radius 1 is 1.37 bits per heavy atom. The van der Waals surface area contributed by atoms with Gasteiger partial charge in [-0.15, -0.1) is 0 Å². The molecule has 0 saturated heterocycles. The standard InChI is InChI=1S/C14H17N5/c1-5-12-14(8-19(4)18-12)17-13-6-9(2)16-10(3)11(13)7-15/h6,8H,5H2,1-4H3,(H,16,17). The second-order valence-corrected chi connectivity index (χ2v) is 4.53. The smallest absolute Gasteiger partial charge is 0.103 e. The van der Waals surface area contributed by atoms with Crippen LogP contribution in [0.2, 0.25) is 0 Å². The van der Waals surface area contributed by atoms with Crippen LogP contribution in [0.5, 0.6) is 0 Å². The van der Waals surface area contributed by atoms with Crippen LogP contribution >= 0.6 is 0 Å². The highest BCUT2D eigenvalue weighted by molar-refractivity contribution is 5.68. The summed E-state index contributed by atoms with van der Waals surface area (Å²) < 4.78 is 1.77. The Kier molecular flexibility index (Phi) is 3.52. The van der Waals surface area contributed by atoms with Crippen LogP contribution in [0.15, 0.2) is 12.3 Å². The van der Waals surface area contributed by atoms with Crippen molar-refractivity contribution in [2.75, 3.05) is 5.32 Å². The maximum atomic E-state index is 9.25. The van der Waals surface area contributed by atoms with Crippen LogP contribution in [0.1, 0.15) is 29.6 Å². The van der Waals surface area contributed by atoms with E-state index in [1.807, 2.05) is 33.2 Å². The van der Waals surface area contributed by atoms with Gasteiger partial charge in [-0.2, -0.15) is 10.4 Å². The molecule has 0 spiro atoms. The van der Waals surface area contributed by atoms with Crippen molar-refractivity contribution in [3.05, 3.63) is 34.9 Å². The third kappa shape index (κ3) is 2.58. The first-order valence-corrected chi connectivity index (χ1v) is 6.23. The molecule has 0 aliphatic carbocycles. The molecule has 0 fully saturated rings. The summed E-state index contributed by atoms with van der Waals surface area (Å²) in [5, 5.41) is 16.9. The monoisotopic (exact) mass is 255 g/mol. The molecule has 0 saturated carbocycles. The predicted molar refractivity (Wildman–Crippen MR) is 74.3 cm³/mol. The largest absolute Gasteiger partial charge is 0.352 e. The first-order valence-electron chi connectivity index (χ1n) is 6.23. The zero-order valence-electron chi connectivity index (χ0n) is 11.7. The summed E-state index contributed by atoms with van der Waals surface area (Å²) in [6.45, 7) is 5.83. The zero-order valence-corrected chi connectivity index (χ0v) is 11.7. The minimum atomic E-state index is 0.580. The number of anilines is 2. The molecule has 0 amide bonds. The SMILES string of the molecule is CCc1nn(C)cc1Nc1cc(C)nc(C)c1C#N. The minimum absolute atomic E-state index is 0.580. The average Bonchev–Trinajstić information content (AvgIpc) is 2.69. The van der Waals surface area contributed by atoms with Gasteiger partial charge in [0, 0.05) is 18.9 Å². The van der Waals surface area contributed by atoms with E-state index in [4.69, 9.17) is 0 Å². The van der Waals surface area contributed by atoms with E-state index in [0.29, 0.717) is 5.56 Å². The van der Waals surface area contributed by atoms with Crippen LogP contribution in [0, 0.1) is 25.2 Å². The van der Waals surface area contributed by atoms with Crippen molar-refractivity contribution >= 4 is 11.4 Å². The number of pyridine rings is 1. The first-order chi connectivity index (χ1) is 9.05. The van der Waals surface area contributed by atoms with Crippen molar-refractivity contribution < 1.29 is 0 Å². The summed E-state index contributed by atoms with van der Waals surface area (Å²) in [4.78, 5) is 4.31. The molecule has 0 unspecified atom stereocenters. The van der Waals surface area contributed by atoms with E-state index in [-0.39, 0.29) is 0 Å². The second kappa shape index (κ2) is 5.11. The maximum Gasteiger partial charge on any atom is 0.103 e. The molecular formula is C14H17N5. The van der Waals surface area contributed by atoms with Crippen LogP contribution in [-0.2, 0) is 13.5 Å². The van der Waals surface area contributed by atoms with Crippen LogP contribution < -0.4 is 5.32 Å². The fourth-order valence-electron chi connectivity index (χ4n) is 2.11. The van der Waals surface area contributed by atoms with Gasteiger partial charge in [0.25, 0.3) is 0 Å². The van der Waals surface area contributed by atoms with Crippen LogP contribution in [0.25, 0.3) is 0 Å². The minimum Gasteiger partial charge on any atom is -0.352 e. The van der Waals surface area contributed by atoms with Gasteiger partial charge in [0.05, 0.1) is 28.3 Å². The van der Waals surface area contributed by atoms with E-state index < -0.39 is 0 Å². The van der Waals surface area contributed by atoms with E-state index in [1.54, 1.807) is 4.68 Å². The van der Waals surface area contributed by atoms with Gasteiger partial charge in [-0.1, -0.05) is 6.92 Å². The van der Waals surface area contributed by atoms with Gasteiger partial charge in [0.2, 0.25) is 0 Å². The van der Waals surface area contributed by atoms with Crippen molar-refractivity contribution in [2.24, 2.45) is 7.05 Å². The molecule has 98 valence electrons. The predicted octanol–water partition coefficient (Wildman–Crippen LogP) is 2.61. The number of nitriles is 1. The summed E-state index contributed by atoms with van der Waals surface area (Å²) in [5.41, 5.74) is 4.92. The summed E-state index contributed by atoms with van der Waals surface area (Å²) in [6.07, 6.45) is 2.76. The van der Waals surface area contributed by atoms with E-state index in [0.717, 1.165) is 34.9 Å². The van der Waals surface area contributed by atoms with Gasteiger partial charge >= 0.3 is 0 Å². The molecule has 5 heteroatoms. The summed E-state index contributed by atoms with van der Waals surface area (Å²) in [7, 11) is 1.89. The zero-order chi connectivity index (χ0) is 14.0. The molecule has 0 bridgehead atoms. The third-order valence-electron chi connectivity index (χ3n) is 2.95. The molecular weight excluding hydrogens is 238 g/mol. The Hall–Kier alpha value is -2.35. The second-order valence-electron chi connectivity index (χ2n) is 4.53. The number of nitrogens with one attached hydrogen (secondary N) is 1. The number of aryl methyl sites for hydroxylation is 4. The molecule has 5 nitrogen and oxygen atoms in total. The Balaban J connectivity index is 2.46. The fourth-order valence-corrected chi connectivity index (χ4v) is 2.11. The average molecular weight is 255 g/mol. The van der Waals surface area contributed by atoms with Crippen LogP contribution in [-0.4, -0.2) is 14.8 Å². The number of aromatic nitrogens is 3. The quantitative estimate of drug-likeness (QED) is 0.915. The van der Waals surface area contributed by atoms with Gasteiger partial charge < -0.3 is 5.32 Å². The van der Waals surface area contributed by atoms with Gasteiger partial charge in [-0.3, -0.25) is 9.67 Å². The molecule has 19 heavy (non-hydrogen) atoms. The normalized spacial score (nSPS) is 10.3. The Bertz CT molecular complexity index is 649. The molecule has 2 aromatic heterocycles. The lowest BCUT2D eigenvalue weighted by Gasteiger charge is -2.10. The Morgan fingerprint density at radius 3 is 2.74 bits per heavy atom. The number of hydrogen-bond acceptors (Lipinski definition) is 4. The van der Waals surface area contributed by atoms with Crippen molar-refractivity contribution in [1.29, 1.82) is 5.26 Å². The Morgan fingerprint density at radius 2 is 2.11 bits per heavy atom. The third-order valence-corrected chi connectivity index (χ3v) is 2.95. The highest BCUT2D eigenvalue weighted by Crippen LogP contribution is 2.25. The van der Waals surface area contributed by atoms with Crippen molar-refractivity contribution in [3.63, 3.8) is 0 Å². The highest BCUT2D eigenvalue weighted by atomic mass is 15.3. The Labute approximate surface area is 112 Å². The van der Waals surface area contributed by atoms with Crippen LogP contribution in [0.4, 0.5) is 11.4 Å². The highest BCUT2D eigenvalue weighted by Gasteiger charge is 2.11. The lowest BCUT2D eigenvalue weighted by atomic mass is 10.1. The van der Waals surface area contributed by atoms with E-state index in [2.05, 4.69) is 28.4 Å². The van der Waals surface area contributed by atoms with Gasteiger partial charge in [0.15, 0.2) is 0 Å². The molecule has 0 aliphatic rings. The maximum absolute atomic E-state index is 9.25. The summed E-state index contributed by atoms with van der Waals surface area (Å²) in [6, 6.07) is 4.09. The van der Waals surface area contributed by atoms with E-state index >= 15 is 0 Å². The molecule has 0 atom stereocenters. The van der Waals surface area contributed by atoms with Gasteiger partial charge in [-0.25, -0.2) is 0 Å². The number of rotatable bonds is 3. The number of hydrogen-bond donors (Lipinski definition) is 1. The molecule has 0 aliphatic heterocycles. The lowest BCUT2D eigenvalue weighted by Crippen LogP contribution is -2.00. The molecule has 2 aromatic rings. The van der Waals surface area contributed by atoms with Gasteiger partial charge in [0.1, 0.15) is 6.07 Å². The first kappa shape index (κ1) is 13.1. The van der Waals surface area contributed by atoms with Crippen molar-refractivity contribution in [2.45, 2.75) is 27.2 Å². The molecule has 0 aromatic carbocycles. The molecule has 0 radical (unpaired) electrons. The fraction of sp³-hybridized carbons (Fsp3) is 0.357. The topological polar surface area (TPSA) is 66.5 Å². The molecule has 2 heterocycles. The molecule has 2 rings (SSSR count). The van der Waals surface area contributed by atoms with Crippen molar-refractivity contribution in [1.82, 2.24) is 14.8 Å². The van der Waals surface area contributed by atoms with E-state index in [9.17, 15) is 5.26 Å². The van der Waals surface area contributed by atoms with Gasteiger partial charge in [-0.05, 0) is 26.3 Å².